The summed E-state index contributed by atoms with van der Waals surface area (Å²) in [6.45, 7) is 0.110. The summed E-state index contributed by atoms with van der Waals surface area (Å²) in [6, 6.07) is 7.73. The Morgan fingerprint density at radius 3 is 2.18 bits per heavy atom. The van der Waals surface area contributed by atoms with Crippen LogP contribution in [0.3, 0.4) is 0 Å². The fourth-order valence-corrected chi connectivity index (χ4v) is 3.79. The van der Waals surface area contributed by atoms with Crippen LogP contribution in [0.15, 0.2) is 67.1 Å². The van der Waals surface area contributed by atoms with Crippen molar-refractivity contribution in [2.24, 2.45) is 0 Å². The van der Waals surface area contributed by atoms with Crippen molar-refractivity contribution in [2.75, 3.05) is 0 Å². The van der Waals surface area contributed by atoms with Crippen LogP contribution in [0.25, 0.3) is 34.0 Å². The van der Waals surface area contributed by atoms with Crippen molar-refractivity contribution in [3.63, 3.8) is 0 Å². The normalized spacial score (nSPS) is 12.3. The fourth-order valence-electron chi connectivity index (χ4n) is 3.79. The SMILES string of the molecule is Fc1cccc(-c2nc3cnn(Cc4ccc(-c5ccc(C(F)(F)F)cc5C(F)(F)F)nc4)cc-3n2)c1F. The third-order valence-corrected chi connectivity index (χ3v) is 5.60. The number of pyridine rings is 1. The summed E-state index contributed by atoms with van der Waals surface area (Å²) < 4.78 is 108. The van der Waals surface area contributed by atoms with E-state index in [0.717, 1.165) is 12.1 Å². The molecule has 194 valence electrons. The topological polar surface area (TPSA) is 56.5 Å². The molecule has 0 unspecified atom stereocenters. The third kappa shape index (κ3) is 4.91. The number of hydrogen-bond donors (Lipinski definition) is 0. The predicted molar refractivity (Wildman–Crippen MR) is 119 cm³/mol. The van der Waals surface area contributed by atoms with E-state index >= 15 is 0 Å². The lowest BCUT2D eigenvalue weighted by atomic mass is 10.00. The van der Waals surface area contributed by atoms with E-state index in [1.165, 1.54) is 47.5 Å². The molecule has 2 aliphatic heterocycles. The van der Waals surface area contributed by atoms with Crippen molar-refractivity contribution in [1.82, 2.24) is 24.7 Å². The van der Waals surface area contributed by atoms with Crippen LogP contribution in [-0.4, -0.2) is 24.7 Å². The van der Waals surface area contributed by atoms with E-state index in [1.807, 2.05) is 0 Å². The molecule has 2 aromatic carbocycles. The molecule has 0 saturated carbocycles. The predicted octanol–water partition coefficient (Wildman–Crippen LogP) is 6.87. The monoisotopic (exact) mass is 535 g/mol. The molecule has 0 amide bonds. The average molecular weight is 535 g/mol. The highest BCUT2D eigenvalue weighted by molar-refractivity contribution is 5.66. The summed E-state index contributed by atoms with van der Waals surface area (Å²) in [7, 11) is 0. The number of rotatable bonds is 4. The van der Waals surface area contributed by atoms with Gasteiger partial charge in [0.25, 0.3) is 0 Å². The van der Waals surface area contributed by atoms with Gasteiger partial charge in [-0.1, -0.05) is 18.2 Å². The van der Waals surface area contributed by atoms with E-state index in [0.29, 0.717) is 23.0 Å². The smallest absolute Gasteiger partial charge is 0.266 e. The van der Waals surface area contributed by atoms with Gasteiger partial charge in [0.15, 0.2) is 17.5 Å². The molecule has 0 fully saturated rings. The fraction of sp³-hybridized carbons (Fsp3) is 0.120. The molecule has 5 rings (SSSR count). The zero-order valence-electron chi connectivity index (χ0n) is 18.8. The first kappa shape index (κ1) is 25.2. The zero-order valence-corrected chi connectivity index (χ0v) is 18.8. The number of fused-ring (bicyclic) bond motifs is 1. The number of benzene rings is 2. The Hall–Kier alpha value is -4.42. The Bertz CT molecular complexity index is 1590. The Kier molecular flexibility index (Phi) is 6.08. The highest BCUT2D eigenvalue weighted by Gasteiger charge is 2.38. The Morgan fingerprint density at radius 2 is 1.50 bits per heavy atom. The van der Waals surface area contributed by atoms with E-state index in [-0.39, 0.29) is 29.7 Å². The molecule has 2 aliphatic rings. The molecule has 5 nitrogen and oxygen atoms in total. The number of aromatic nitrogens is 5. The van der Waals surface area contributed by atoms with Crippen LogP contribution in [0, 0.1) is 11.6 Å². The van der Waals surface area contributed by atoms with Crippen LogP contribution in [0.5, 0.6) is 0 Å². The van der Waals surface area contributed by atoms with Gasteiger partial charge in [0, 0.05) is 11.8 Å². The minimum atomic E-state index is -5.03. The number of alkyl halides is 6. The standard InChI is InChI=1S/C25H13F8N5/c26-18-3-1-2-16(22(18)27)23-36-20-10-35-38(12-21(20)37-23)11-13-4-7-19(34-9-13)15-6-5-14(24(28,29)30)8-17(15)25(31,32)33/h1-10,12H,11H2. The molecule has 0 N–H and O–H groups in total. The van der Waals surface area contributed by atoms with Gasteiger partial charge in [0.2, 0.25) is 0 Å². The maximum absolute atomic E-state index is 14.1. The lowest BCUT2D eigenvalue weighted by Crippen LogP contribution is -2.12. The summed E-state index contributed by atoms with van der Waals surface area (Å²) >= 11 is 0. The van der Waals surface area contributed by atoms with Crippen molar-refractivity contribution in [3.05, 3.63) is 95.4 Å². The van der Waals surface area contributed by atoms with E-state index < -0.39 is 40.7 Å². The molecular formula is C25H13F8N5. The van der Waals surface area contributed by atoms with E-state index in [2.05, 4.69) is 20.1 Å². The summed E-state index contributed by atoms with van der Waals surface area (Å²) in [5, 5.41) is 4.17. The summed E-state index contributed by atoms with van der Waals surface area (Å²) in [5.74, 6) is -2.16. The molecule has 0 saturated heterocycles. The van der Waals surface area contributed by atoms with Gasteiger partial charge >= 0.3 is 12.4 Å². The average Bonchev–Trinajstić information content (AvgIpc) is 3.28. The van der Waals surface area contributed by atoms with Crippen molar-refractivity contribution in [2.45, 2.75) is 18.9 Å². The Morgan fingerprint density at radius 1 is 0.737 bits per heavy atom. The first-order valence-corrected chi connectivity index (χ1v) is 10.8. The minimum Gasteiger partial charge on any atom is -0.266 e. The van der Waals surface area contributed by atoms with Crippen LogP contribution in [0.1, 0.15) is 16.7 Å². The van der Waals surface area contributed by atoms with Gasteiger partial charge in [-0.25, -0.2) is 18.7 Å². The van der Waals surface area contributed by atoms with Gasteiger partial charge in [-0.15, -0.1) is 0 Å². The highest BCUT2D eigenvalue weighted by atomic mass is 19.4. The molecule has 0 spiro atoms. The lowest BCUT2D eigenvalue weighted by molar-refractivity contribution is -0.142. The van der Waals surface area contributed by atoms with E-state index in [9.17, 15) is 35.1 Å². The molecule has 38 heavy (non-hydrogen) atoms. The number of nitrogens with zero attached hydrogens (tertiary/aromatic N) is 5. The molecule has 0 radical (unpaired) electrons. The molecule has 3 heterocycles. The second-order valence-corrected chi connectivity index (χ2v) is 8.20. The minimum absolute atomic E-state index is 0.0282. The quantitative estimate of drug-likeness (QED) is 0.236. The van der Waals surface area contributed by atoms with E-state index in [1.54, 1.807) is 0 Å². The maximum Gasteiger partial charge on any atom is 0.417 e. The Balaban J connectivity index is 1.41. The first-order valence-electron chi connectivity index (χ1n) is 10.8. The van der Waals surface area contributed by atoms with E-state index in [4.69, 9.17) is 0 Å². The summed E-state index contributed by atoms with van der Waals surface area (Å²) in [4.78, 5) is 12.4. The third-order valence-electron chi connectivity index (χ3n) is 5.60. The van der Waals surface area contributed by atoms with Gasteiger partial charge in [-0.2, -0.15) is 31.4 Å². The molecule has 0 atom stereocenters. The summed E-state index contributed by atoms with van der Waals surface area (Å²) in [5.41, 5.74) is -2.45. The van der Waals surface area contributed by atoms with Crippen molar-refractivity contribution in [3.8, 4) is 34.0 Å². The van der Waals surface area contributed by atoms with Crippen LogP contribution in [0.4, 0.5) is 35.1 Å². The van der Waals surface area contributed by atoms with Crippen LogP contribution < -0.4 is 0 Å². The number of halogens is 8. The molecule has 13 heteroatoms. The molecule has 3 aromatic rings. The lowest BCUT2D eigenvalue weighted by Gasteiger charge is -2.16. The van der Waals surface area contributed by atoms with Crippen molar-refractivity contribution >= 4 is 0 Å². The molecule has 1 aromatic heterocycles. The Labute approximate surface area is 208 Å². The molecule has 0 bridgehead atoms. The highest BCUT2D eigenvalue weighted by Crippen LogP contribution is 2.40. The number of imidazole rings is 1. The van der Waals surface area contributed by atoms with Crippen molar-refractivity contribution in [1.29, 1.82) is 0 Å². The van der Waals surface area contributed by atoms with Gasteiger partial charge in [0.05, 0.1) is 41.3 Å². The number of hydrogen-bond acceptors (Lipinski definition) is 4. The summed E-state index contributed by atoms with van der Waals surface area (Å²) in [6.07, 6.45) is -5.83. The van der Waals surface area contributed by atoms with Gasteiger partial charge < -0.3 is 0 Å². The van der Waals surface area contributed by atoms with Gasteiger partial charge in [0.1, 0.15) is 11.4 Å². The largest absolute Gasteiger partial charge is 0.417 e. The molecule has 0 aliphatic carbocycles. The maximum atomic E-state index is 14.1. The van der Waals surface area contributed by atoms with Crippen LogP contribution in [0.2, 0.25) is 0 Å². The first-order chi connectivity index (χ1) is 17.9. The zero-order chi connectivity index (χ0) is 27.2. The second kappa shape index (κ2) is 9.15. The molecular weight excluding hydrogens is 522 g/mol. The van der Waals surface area contributed by atoms with Crippen molar-refractivity contribution < 1.29 is 35.1 Å². The van der Waals surface area contributed by atoms with Gasteiger partial charge in [-0.3, -0.25) is 9.67 Å². The van der Waals surface area contributed by atoms with Crippen LogP contribution in [-0.2, 0) is 18.9 Å². The van der Waals surface area contributed by atoms with Gasteiger partial charge in [-0.05, 0) is 35.9 Å². The second-order valence-electron chi connectivity index (χ2n) is 8.20. The van der Waals surface area contributed by atoms with Crippen LogP contribution >= 0.6 is 0 Å².